The summed E-state index contributed by atoms with van der Waals surface area (Å²) >= 11 is 0. The second-order valence-corrected chi connectivity index (χ2v) is 10.0. The van der Waals surface area contributed by atoms with Crippen LogP contribution in [-0.4, -0.2) is 61.4 Å². The van der Waals surface area contributed by atoms with Gasteiger partial charge in [-0.2, -0.15) is 0 Å². The smallest absolute Gasteiger partial charge is 0.488 e. The number of rotatable bonds is 6. The molecule has 3 aromatic rings. The van der Waals surface area contributed by atoms with Gasteiger partial charge in [-0.25, -0.2) is 0 Å². The van der Waals surface area contributed by atoms with E-state index in [1.165, 1.54) is 28.0 Å². The van der Waals surface area contributed by atoms with Crippen molar-refractivity contribution in [2.75, 3.05) is 38.2 Å². The minimum atomic E-state index is -1.46. The van der Waals surface area contributed by atoms with Gasteiger partial charge in [-0.1, -0.05) is 42.5 Å². The first-order valence-corrected chi connectivity index (χ1v) is 12.9. The number of anilines is 1. The third-order valence-electron chi connectivity index (χ3n) is 7.65. The molecule has 1 heterocycles. The maximum atomic E-state index is 9.71. The molecule has 0 bridgehead atoms. The van der Waals surface area contributed by atoms with E-state index in [0.29, 0.717) is 11.5 Å². The van der Waals surface area contributed by atoms with Gasteiger partial charge in [0.1, 0.15) is 5.75 Å². The van der Waals surface area contributed by atoms with Crippen LogP contribution in [0.1, 0.15) is 42.5 Å². The Morgan fingerprint density at radius 1 is 0.811 bits per heavy atom. The highest BCUT2D eigenvalue weighted by Gasteiger charge is 2.24. The van der Waals surface area contributed by atoms with Crippen molar-refractivity contribution in [2.24, 2.45) is 0 Å². The maximum Gasteiger partial charge on any atom is 0.488 e. The minimum Gasteiger partial charge on any atom is -0.497 e. The Morgan fingerprint density at radius 3 is 2.05 bits per heavy atom. The fourth-order valence-electron chi connectivity index (χ4n) is 5.52. The van der Waals surface area contributed by atoms with Gasteiger partial charge >= 0.3 is 7.12 Å². The predicted molar refractivity (Wildman–Crippen MR) is 156 cm³/mol. The summed E-state index contributed by atoms with van der Waals surface area (Å²) in [5.74, 6) is 0.848. The SMILES string of the molecule is COc1ccc(C2=C(c3ccc(N4CCN(C(C)C)CC4)cc3)c3ccc(B(O)O)cc3CC2)cc1.Cl. The van der Waals surface area contributed by atoms with Crippen molar-refractivity contribution in [3.63, 3.8) is 0 Å². The highest BCUT2D eigenvalue weighted by atomic mass is 35.5. The number of hydrogen-bond donors (Lipinski definition) is 2. The second-order valence-electron chi connectivity index (χ2n) is 10.0. The van der Waals surface area contributed by atoms with E-state index in [9.17, 15) is 10.0 Å². The highest BCUT2D eigenvalue weighted by molar-refractivity contribution is 6.58. The molecule has 7 heteroatoms. The number of benzene rings is 3. The number of fused-ring (bicyclic) bond motifs is 1. The number of methoxy groups -OCH3 is 1. The summed E-state index contributed by atoms with van der Waals surface area (Å²) in [6, 6.07) is 23.7. The van der Waals surface area contributed by atoms with Gasteiger partial charge in [-0.15, -0.1) is 12.4 Å². The summed E-state index contributed by atoms with van der Waals surface area (Å²) in [6.07, 6.45) is 1.75. The normalized spacial score (nSPS) is 15.9. The van der Waals surface area contributed by atoms with Crippen LogP contribution in [0.25, 0.3) is 11.1 Å². The lowest BCUT2D eigenvalue weighted by molar-refractivity contribution is 0.209. The quantitative estimate of drug-likeness (QED) is 0.478. The van der Waals surface area contributed by atoms with Gasteiger partial charge in [0.25, 0.3) is 0 Å². The topological polar surface area (TPSA) is 56.2 Å². The molecule has 0 radical (unpaired) electrons. The molecule has 0 aromatic heterocycles. The van der Waals surface area contributed by atoms with Crippen LogP contribution in [0.2, 0.25) is 0 Å². The zero-order chi connectivity index (χ0) is 25.2. The van der Waals surface area contributed by atoms with E-state index in [0.717, 1.165) is 55.9 Å². The molecule has 194 valence electrons. The fourth-order valence-corrected chi connectivity index (χ4v) is 5.52. The molecule has 0 saturated carbocycles. The average Bonchev–Trinajstić information content (AvgIpc) is 2.92. The second kappa shape index (κ2) is 11.7. The summed E-state index contributed by atoms with van der Waals surface area (Å²) in [4.78, 5) is 5.01. The van der Waals surface area contributed by atoms with Crippen molar-refractivity contribution in [3.8, 4) is 5.75 Å². The molecular formula is C30H36BClN2O3. The van der Waals surface area contributed by atoms with Crippen molar-refractivity contribution in [3.05, 3.63) is 89.0 Å². The van der Waals surface area contributed by atoms with E-state index in [-0.39, 0.29) is 12.4 Å². The number of ether oxygens (including phenoxy) is 1. The number of piperazine rings is 1. The molecule has 1 aliphatic heterocycles. The fraction of sp³-hybridized carbons (Fsp3) is 0.333. The lowest BCUT2D eigenvalue weighted by atomic mass is 9.74. The first kappa shape index (κ1) is 27.3. The van der Waals surface area contributed by atoms with Gasteiger partial charge in [0.15, 0.2) is 0 Å². The van der Waals surface area contributed by atoms with Crippen LogP contribution in [-0.2, 0) is 6.42 Å². The van der Waals surface area contributed by atoms with Gasteiger partial charge in [-0.3, -0.25) is 4.90 Å². The largest absolute Gasteiger partial charge is 0.497 e. The predicted octanol–water partition coefficient (Wildman–Crippen LogP) is 4.23. The molecule has 1 aliphatic carbocycles. The third kappa shape index (κ3) is 5.73. The maximum absolute atomic E-state index is 9.71. The molecule has 1 saturated heterocycles. The Hall–Kier alpha value is -2.77. The Kier molecular flexibility index (Phi) is 8.65. The summed E-state index contributed by atoms with van der Waals surface area (Å²) in [5, 5.41) is 19.4. The zero-order valence-corrected chi connectivity index (χ0v) is 22.7. The van der Waals surface area contributed by atoms with Crippen LogP contribution in [0, 0.1) is 0 Å². The molecule has 5 rings (SSSR count). The van der Waals surface area contributed by atoms with Crippen LogP contribution >= 0.6 is 12.4 Å². The van der Waals surface area contributed by atoms with E-state index in [4.69, 9.17) is 4.74 Å². The molecular weight excluding hydrogens is 483 g/mol. The molecule has 5 nitrogen and oxygen atoms in total. The van der Waals surface area contributed by atoms with Gasteiger partial charge in [0.2, 0.25) is 0 Å². The summed E-state index contributed by atoms with van der Waals surface area (Å²) in [7, 11) is 0.231. The van der Waals surface area contributed by atoms with E-state index < -0.39 is 7.12 Å². The average molecular weight is 519 g/mol. The minimum absolute atomic E-state index is 0. The van der Waals surface area contributed by atoms with Crippen LogP contribution < -0.4 is 15.1 Å². The lowest BCUT2D eigenvalue weighted by Gasteiger charge is -2.38. The van der Waals surface area contributed by atoms with E-state index in [1.807, 2.05) is 30.3 Å². The van der Waals surface area contributed by atoms with Crippen molar-refractivity contribution in [1.29, 1.82) is 0 Å². The Morgan fingerprint density at radius 2 is 1.46 bits per heavy atom. The highest BCUT2D eigenvalue weighted by Crippen LogP contribution is 2.41. The molecule has 0 atom stereocenters. The molecule has 0 unspecified atom stereocenters. The van der Waals surface area contributed by atoms with Gasteiger partial charge in [0.05, 0.1) is 7.11 Å². The van der Waals surface area contributed by atoms with Crippen molar-refractivity contribution < 1.29 is 14.8 Å². The molecule has 2 N–H and O–H groups in total. The number of allylic oxidation sites excluding steroid dienone is 1. The van der Waals surface area contributed by atoms with E-state index in [1.54, 1.807) is 7.11 Å². The van der Waals surface area contributed by atoms with Gasteiger partial charge in [0, 0.05) is 37.9 Å². The first-order valence-electron chi connectivity index (χ1n) is 12.9. The van der Waals surface area contributed by atoms with Crippen LogP contribution in [0.5, 0.6) is 5.75 Å². The number of aryl methyl sites for hydroxylation is 1. The van der Waals surface area contributed by atoms with E-state index >= 15 is 0 Å². The molecule has 2 aliphatic rings. The summed E-state index contributed by atoms with van der Waals surface area (Å²) in [6.45, 7) is 8.83. The number of hydrogen-bond acceptors (Lipinski definition) is 5. The third-order valence-corrected chi connectivity index (χ3v) is 7.65. The van der Waals surface area contributed by atoms with Gasteiger partial charge < -0.3 is 19.7 Å². The van der Waals surface area contributed by atoms with Crippen LogP contribution in [0.3, 0.4) is 0 Å². The lowest BCUT2D eigenvalue weighted by Crippen LogP contribution is -2.48. The summed E-state index contributed by atoms with van der Waals surface area (Å²) < 4.78 is 5.38. The molecule has 0 spiro atoms. The van der Waals surface area contributed by atoms with Crippen molar-refractivity contribution >= 4 is 41.8 Å². The Labute approximate surface area is 226 Å². The number of nitrogens with zero attached hydrogens (tertiary/aromatic N) is 2. The first-order chi connectivity index (χ1) is 17.4. The van der Waals surface area contributed by atoms with Gasteiger partial charge in [-0.05, 0) is 89.8 Å². The van der Waals surface area contributed by atoms with Crippen molar-refractivity contribution in [2.45, 2.75) is 32.7 Å². The number of halogens is 1. The monoisotopic (exact) mass is 518 g/mol. The van der Waals surface area contributed by atoms with E-state index in [2.05, 4.69) is 60.0 Å². The molecule has 37 heavy (non-hydrogen) atoms. The molecule has 3 aromatic carbocycles. The molecule has 0 amide bonds. The van der Waals surface area contributed by atoms with Crippen LogP contribution in [0.15, 0.2) is 66.7 Å². The summed E-state index contributed by atoms with van der Waals surface area (Å²) in [5.41, 5.74) is 9.02. The van der Waals surface area contributed by atoms with Crippen molar-refractivity contribution in [1.82, 2.24) is 4.90 Å². The Bertz CT molecular complexity index is 1230. The standard InChI is InChI=1S/C30H35BN2O3.ClH/c1-21(2)32-16-18-33(19-17-32)26-10-4-23(5-11-26)30-28(22-6-12-27(36-3)13-7-22)14-8-24-20-25(31(34)35)9-15-29(24)30;/h4-7,9-13,15,20-21,34-35H,8,14,16-19H2,1-3H3;1H. The Balaban J connectivity index is 0.00000320. The van der Waals surface area contributed by atoms with Crippen LogP contribution in [0.4, 0.5) is 5.69 Å². The zero-order valence-electron chi connectivity index (χ0n) is 21.9. The molecule has 1 fully saturated rings.